The fourth-order valence-corrected chi connectivity index (χ4v) is 6.70. The van der Waals surface area contributed by atoms with E-state index in [1.54, 1.807) is 49.7 Å². The quantitative estimate of drug-likeness (QED) is 0.414. The molecule has 1 atom stereocenters. The molecule has 7 nitrogen and oxygen atoms in total. The van der Waals surface area contributed by atoms with Gasteiger partial charge in [-0.05, 0) is 50.1 Å². The third kappa shape index (κ3) is 4.29. The fourth-order valence-electron chi connectivity index (χ4n) is 3.59. The zero-order chi connectivity index (χ0) is 22.1. The minimum atomic E-state index is -3.96. The van der Waals surface area contributed by atoms with E-state index >= 15 is 0 Å². The van der Waals surface area contributed by atoms with E-state index in [1.165, 1.54) is 30.8 Å². The topological polar surface area (TPSA) is 104 Å². The lowest BCUT2D eigenvalue weighted by Crippen LogP contribution is -2.61. The third-order valence-corrected chi connectivity index (χ3v) is 8.39. The number of hydroxylamine groups is 1. The van der Waals surface area contributed by atoms with Gasteiger partial charge >= 0.3 is 0 Å². The largest absolute Gasteiger partial charge is 0.295 e. The summed E-state index contributed by atoms with van der Waals surface area (Å²) in [6, 6.07) is 12.4. The van der Waals surface area contributed by atoms with Gasteiger partial charge in [0.15, 0.2) is 5.78 Å². The lowest BCUT2D eigenvalue weighted by molar-refractivity contribution is -0.134. The molecule has 1 amide bonds. The zero-order valence-corrected chi connectivity index (χ0v) is 18.6. The van der Waals surface area contributed by atoms with Crippen LogP contribution in [0.3, 0.4) is 0 Å². The van der Waals surface area contributed by atoms with Crippen molar-refractivity contribution >= 4 is 33.5 Å². The van der Waals surface area contributed by atoms with Crippen LogP contribution < -0.4 is 5.48 Å². The van der Waals surface area contributed by atoms with Crippen LogP contribution in [0.15, 0.2) is 53.4 Å². The fraction of sp³-hybridized carbons (Fsp3) is 0.333. The van der Waals surface area contributed by atoms with Gasteiger partial charge in [-0.2, -0.15) is 16.1 Å². The lowest BCUT2D eigenvalue weighted by Gasteiger charge is -2.43. The predicted octanol–water partition coefficient (Wildman–Crippen LogP) is 2.95. The molecule has 1 heterocycles. The Morgan fingerprint density at radius 3 is 2.40 bits per heavy atom. The summed E-state index contributed by atoms with van der Waals surface area (Å²) in [7, 11) is -3.96. The second-order valence-electron chi connectivity index (χ2n) is 7.61. The molecule has 160 valence electrons. The number of hydrogen-bond donors (Lipinski definition) is 2. The van der Waals surface area contributed by atoms with Crippen molar-refractivity contribution in [2.45, 2.75) is 36.5 Å². The molecule has 0 spiro atoms. The number of Topliss-reactive ketones (excluding diaryl/α,β-unsaturated/α-hetero) is 1. The number of hydrogen-bond acceptors (Lipinski definition) is 6. The number of sulfonamides is 1. The number of nitrogens with zero attached hydrogens (tertiary/aromatic N) is 1. The van der Waals surface area contributed by atoms with E-state index in [4.69, 9.17) is 5.21 Å². The Balaban J connectivity index is 1.95. The maximum atomic E-state index is 13.3. The molecule has 0 radical (unpaired) electrons. The van der Waals surface area contributed by atoms with E-state index in [0.29, 0.717) is 11.3 Å². The lowest BCUT2D eigenvalue weighted by atomic mass is 10.0. The van der Waals surface area contributed by atoms with Gasteiger partial charge in [0.05, 0.1) is 4.90 Å². The average Bonchev–Trinajstić information content (AvgIpc) is 2.72. The van der Waals surface area contributed by atoms with Gasteiger partial charge in [-0.25, -0.2) is 13.9 Å². The zero-order valence-electron chi connectivity index (χ0n) is 17.0. The molecule has 1 aliphatic heterocycles. The number of rotatable bonds is 5. The first-order valence-electron chi connectivity index (χ1n) is 9.39. The SMILES string of the molecule is CC(=O)c1cccc(-c2ccc(S(=O)(=O)N3CCSC(C)(C)[C@@H]3C(=O)NO)cc2)c1. The number of amides is 1. The van der Waals surface area contributed by atoms with E-state index in [-0.39, 0.29) is 17.2 Å². The second kappa shape index (κ2) is 8.50. The van der Waals surface area contributed by atoms with Crippen LogP contribution in [0.5, 0.6) is 0 Å². The number of carbonyl (C=O) groups excluding carboxylic acids is 2. The van der Waals surface area contributed by atoms with Gasteiger partial charge in [-0.3, -0.25) is 14.8 Å². The monoisotopic (exact) mass is 448 g/mol. The van der Waals surface area contributed by atoms with Crippen molar-refractivity contribution in [3.8, 4) is 11.1 Å². The molecule has 0 saturated carbocycles. The standard InChI is InChI=1S/C21H24N2O5S2/c1-14(24)16-5-4-6-17(13-16)15-7-9-18(10-8-15)30(27,28)23-11-12-29-21(2,3)19(23)20(25)22-26/h4-10,13,19,26H,11-12H2,1-3H3,(H,22,25)/t19-/m0/s1. The first kappa shape index (κ1) is 22.5. The Morgan fingerprint density at radius 1 is 1.13 bits per heavy atom. The maximum absolute atomic E-state index is 13.3. The number of thioether (sulfide) groups is 1. The third-order valence-electron chi connectivity index (χ3n) is 5.15. The summed E-state index contributed by atoms with van der Waals surface area (Å²) in [5.74, 6) is -0.263. The highest BCUT2D eigenvalue weighted by Crippen LogP contribution is 2.38. The van der Waals surface area contributed by atoms with E-state index in [2.05, 4.69) is 0 Å². The molecule has 1 aliphatic rings. The summed E-state index contributed by atoms with van der Waals surface area (Å²) < 4.78 is 27.1. The smallest absolute Gasteiger partial charge is 0.263 e. The number of benzene rings is 2. The Labute approximate surface area is 180 Å². The minimum Gasteiger partial charge on any atom is -0.295 e. The molecule has 1 saturated heterocycles. The number of ketones is 1. The van der Waals surface area contributed by atoms with Gasteiger partial charge in [0.2, 0.25) is 10.0 Å². The van der Waals surface area contributed by atoms with Gasteiger partial charge < -0.3 is 0 Å². The molecule has 9 heteroatoms. The Bertz CT molecular complexity index is 1070. The summed E-state index contributed by atoms with van der Waals surface area (Å²) in [4.78, 5) is 24.0. The summed E-state index contributed by atoms with van der Waals surface area (Å²) in [6.07, 6.45) is 0. The molecule has 2 N–H and O–H groups in total. The molecule has 2 aromatic carbocycles. The van der Waals surface area contributed by atoms with E-state index < -0.39 is 26.7 Å². The number of nitrogens with one attached hydrogen (secondary N) is 1. The summed E-state index contributed by atoms with van der Waals surface area (Å²) >= 11 is 1.48. The molecule has 1 fully saturated rings. The van der Waals surface area contributed by atoms with Crippen LogP contribution >= 0.6 is 11.8 Å². The van der Waals surface area contributed by atoms with Crippen LogP contribution in [0.25, 0.3) is 11.1 Å². The van der Waals surface area contributed by atoms with Crippen molar-refractivity contribution in [1.29, 1.82) is 0 Å². The van der Waals surface area contributed by atoms with E-state index in [1.807, 2.05) is 6.07 Å². The first-order chi connectivity index (χ1) is 14.1. The molecule has 0 unspecified atom stereocenters. The van der Waals surface area contributed by atoms with Crippen molar-refractivity contribution in [1.82, 2.24) is 9.79 Å². The molecular weight excluding hydrogens is 424 g/mol. The summed E-state index contributed by atoms with van der Waals surface area (Å²) in [5.41, 5.74) is 3.76. The van der Waals surface area contributed by atoms with Crippen LogP contribution in [0.2, 0.25) is 0 Å². The van der Waals surface area contributed by atoms with Crippen LogP contribution in [0, 0.1) is 0 Å². The van der Waals surface area contributed by atoms with Crippen molar-refractivity contribution in [3.05, 3.63) is 54.1 Å². The van der Waals surface area contributed by atoms with Crippen LogP contribution in [0.4, 0.5) is 0 Å². The first-order valence-corrected chi connectivity index (χ1v) is 11.8. The Kier molecular flexibility index (Phi) is 6.37. The van der Waals surface area contributed by atoms with Gasteiger partial charge in [-0.15, -0.1) is 0 Å². The molecule has 0 bridgehead atoms. The normalized spacial score (nSPS) is 19.3. The highest BCUT2D eigenvalue weighted by molar-refractivity contribution is 8.00. The van der Waals surface area contributed by atoms with Crippen molar-refractivity contribution in [3.63, 3.8) is 0 Å². The number of carbonyl (C=O) groups is 2. The minimum absolute atomic E-state index is 0.0465. The van der Waals surface area contributed by atoms with Crippen molar-refractivity contribution < 1.29 is 23.2 Å². The van der Waals surface area contributed by atoms with Crippen molar-refractivity contribution in [2.24, 2.45) is 0 Å². The van der Waals surface area contributed by atoms with Crippen LogP contribution in [-0.4, -0.2) is 52.7 Å². The molecule has 2 aromatic rings. The molecule has 3 rings (SSSR count). The Hall–Kier alpha value is -2.20. The van der Waals surface area contributed by atoms with Gasteiger partial charge in [0, 0.05) is 22.6 Å². The van der Waals surface area contributed by atoms with Gasteiger partial charge in [0.1, 0.15) is 6.04 Å². The summed E-state index contributed by atoms with van der Waals surface area (Å²) in [6.45, 7) is 5.22. The summed E-state index contributed by atoms with van der Waals surface area (Å²) in [5, 5.41) is 9.14. The molecule has 0 aromatic heterocycles. The highest BCUT2D eigenvalue weighted by atomic mass is 32.2. The van der Waals surface area contributed by atoms with Crippen LogP contribution in [-0.2, 0) is 14.8 Å². The maximum Gasteiger partial charge on any atom is 0.263 e. The highest BCUT2D eigenvalue weighted by Gasteiger charge is 2.48. The van der Waals surface area contributed by atoms with Gasteiger partial charge in [-0.1, -0.05) is 30.3 Å². The molecule has 30 heavy (non-hydrogen) atoms. The predicted molar refractivity (Wildman–Crippen MR) is 116 cm³/mol. The van der Waals surface area contributed by atoms with E-state index in [0.717, 1.165) is 15.4 Å². The molecule has 0 aliphatic carbocycles. The van der Waals surface area contributed by atoms with Gasteiger partial charge in [0.25, 0.3) is 5.91 Å². The second-order valence-corrected chi connectivity index (χ2v) is 11.2. The van der Waals surface area contributed by atoms with E-state index in [9.17, 15) is 18.0 Å². The average molecular weight is 449 g/mol. The Morgan fingerprint density at radius 2 is 1.80 bits per heavy atom. The molecular formula is C21H24N2O5S2. The van der Waals surface area contributed by atoms with Crippen LogP contribution in [0.1, 0.15) is 31.1 Å². The van der Waals surface area contributed by atoms with Crippen molar-refractivity contribution in [2.75, 3.05) is 12.3 Å².